The Morgan fingerprint density at radius 1 is 1.09 bits per heavy atom. The second kappa shape index (κ2) is 8.18. The number of carbonyl (C=O) groups is 3. The Morgan fingerprint density at radius 2 is 1.76 bits per heavy atom. The van der Waals surface area contributed by atoms with Crippen LogP contribution in [0.15, 0.2) is 48.0 Å². The van der Waals surface area contributed by atoms with Gasteiger partial charge in [-0.15, -0.1) is 0 Å². The van der Waals surface area contributed by atoms with Crippen molar-refractivity contribution < 1.29 is 14.4 Å². The summed E-state index contributed by atoms with van der Waals surface area (Å²) in [5.74, 6) is -0.960. The van der Waals surface area contributed by atoms with Gasteiger partial charge in [0, 0.05) is 17.3 Å². The maximum Gasteiger partial charge on any atom is 0.335 e. The van der Waals surface area contributed by atoms with Crippen molar-refractivity contribution in [3.05, 3.63) is 64.7 Å². The summed E-state index contributed by atoms with van der Waals surface area (Å²) < 4.78 is 0. The van der Waals surface area contributed by atoms with Crippen LogP contribution in [0.2, 0.25) is 0 Å². The first kappa shape index (κ1) is 22.8. The third-order valence-corrected chi connectivity index (χ3v) is 6.60. The molecule has 0 bridgehead atoms. The first-order chi connectivity index (χ1) is 15.5. The highest BCUT2D eigenvalue weighted by Gasteiger charge is 2.39. The van der Waals surface area contributed by atoms with Crippen molar-refractivity contribution in [3.8, 4) is 0 Å². The molecule has 0 saturated carbocycles. The van der Waals surface area contributed by atoms with E-state index in [0.29, 0.717) is 17.6 Å². The molecular weight excluding hydrogens is 414 g/mol. The van der Waals surface area contributed by atoms with E-state index in [2.05, 4.69) is 57.0 Å². The lowest BCUT2D eigenvalue weighted by atomic mass is 9.78. The van der Waals surface area contributed by atoms with Gasteiger partial charge >= 0.3 is 6.03 Å². The van der Waals surface area contributed by atoms with Gasteiger partial charge in [-0.2, -0.15) is 0 Å². The predicted molar refractivity (Wildman–Crippen MR) is 131 cm³/mol. The first-order valence-electron chi connectivity index (χ1n) is 11.4. The Kier molecular flexibility index (Phi) is 5.64. The van der Waals surface area contributed by atoms with E-state index in [1.165, 1.54) is 11.3 Å². The molecule has 1 N–H and O–H groups in total. The summed E-state index contributed by atoms with van der Waals surface area (Å²) >= 11 is 0. The van der Waals surface area contributed by atoms with Crippen molar-refractivity contribution in [3.63, 3.8) is 0 Å². The fraction of sp³-hybridized carbons (Fsp3) is 0.370. The summed E-state index contributed by atoms with van der Waals surface area (Å²) in [5.41, 5.74) is 4.59. The number of aryl methyl sites for hydroxylation is 1. The number of nitrogens with zero attached hydrogens (tertiary/aromatic N) is 2. The van der Waals surface area contributed by atoms with Crippen LogP contribution in [0.3, 0.4) is 0 Å². The SMILES string of the molecule is Cc1cc2c(cc1/C=C1\C(=O)NC(=O)N(c3ccccc3)C1=O)C(C)CC(C)(C)N2C(C)C. The Morgan fingerprint density at radius 3 is 2.39 bits per heavy atom. The van der Waals surface area contributed by atoms with Crippen molar-refractivity contribution in [1.29, 1.82) is 0 Å². The Labute approximate surface area is 195 Å². The molecule has 1 fully saturated rings. The second-order valence-corrected chi connectivity index (χ2v) is 9.94. The molecule has 2 aromatic rings. The highest BCUT2D eigenvalue weighted by atomic mass is 16.2. The summed E-state index contributed by atoms with van der Waals surface area (Å²) in [5, 5.41) is 2.30. The lowest BCUT2D eigenvalue weighted by Gasteiger charge is -2.50. The molecule has 33 heavy (non-hydrogen) atoms. The Balaban J connectivity index is 1.79. The number of hydrogen-bond donors (Lipinski definition) is 1. The third kappa shape index (κ3) is 3.94. The molecule has 6 nitrogen and oxygen atoms in total. The maximum atomic E-state index is 13.2. The van der Waals surface area contributed by atoms with Gasteiger partial charge in [-0.3, -0.25) is 14.9 Å². The van der Waals surface area contributed by atoms with E-state index in [9.17, 15) is 14.4 Å². The highest BCUT2D eigenvalue weighted by molar-refractivity contribution is 6.39. The van der Waals surface area contributed by atoms with Crippen LogP contribution in [0.1, 0.15) is 63.6 Å². The molecule has 2 aromatic carbocycles. The molecule has 1 unspecified atom stereocenters. The van der Waals surface area contributed by atoms with Gasteiger partial charge in [-0.05, 0) is 94.0 Å². The molecule has 2 aliphatic rings. The number of para-hydroxylation sites is 1. The summed E-state index contributed by atoms with van der Waals surface area (Å²) in [6.45, 7) is 13.2. The van der Waals surface area contributed by atoms with Gasteiger partial charge in [0.1, 0.15) is 5.57 Å². The summed E-state index contributed by atoms with van der Waals surface area (Å²) in [6.07, 6.45) is 2.62. The number of anilines is 2. The molecule has 2 aliphatic heterocycles. The summed E-state index contributed by atoms with van der Waals surface area (Å²) in [4.78, 5) is 41.7. The smallest absolute Gasteiger partial charge is 0.335 e. The van der Waals surface area contributed by atoms with E-state index in [1.54, 1.807) is 36.4 Å². The fourth-order valence-corrected chi connectivity index (χ4v) is 5.37. The summed E-state index contributed by atoms with van der Waals surface area (Å²) in [7, 11) is 0. The van der Waals surface area contributed by atoms with Gasteiger partial charge in [0.2, 0.25) is 0 Å². The van der Waals surface area contributed by atoms with E-state index >= 15 is 0 Å². The van der Waals surface area contributed by atoms with E-state index in [-0.39, 0.29) is 11.1 Å². The molecule has 0 spiro atoms. The van der Waals surface area contributed by atoms with Gasteiger partial charge < -0.3 is 4.90 Å². The van der Waals surface area contributed by atoms with Crippen LogP contribution >= 0.6 is 0 Å². The zero-order valence-electron chi connectivity index (χ0n) is 20.1. The van der Waals surface area contributed by atoms with Crippen LogP contribution in [-0.2, 0) is 9.59 Å². The average Bonchev–Trinajstić information content (AvgIpc) is 2.71. The van der Waals surface area contributed by atoms with Gasteiger partial charge in [-0.25, -0.2) is 9.69 Å². The fourth-order valence-electron chi connectivity index (χ4n) is 5.37. The molecule has 1 saturated heterocycles. The molecule has 4 amide bonds. The number of fused-ring (bicyclic) bond motifs is 1. The number of amides is 4. The number of hydrogen-bond acceptors (Lipinski definition) is 4. The minimum atomic E-state index is -0.737. The number of barbiturate groups is 1. The van der Waals surface area contributed by atoms with Gasteiger partial charge in [0.05, 0.1) is 5.69 Å². The highest BCUT2D eigenvalue weighted by Crippen LogP contribution is 2.45. The van der Waals surface area contributed by atoms with E-state index < -0.39 is 17.8 Å². The quantitative estimate of drug-likeness (QED) is 0.523. The normalized spacial score (nSPS) is 21.5. The van der Waals surface area contributed by atoms with Gasteiger partial charge in [-0.1, -0.05) is 25.1 Å². The molecule has 0 radical (unpaired) electrons. The lowest BCUT2D eigenvalue weighted by molar-refractivity contribution is -0.122. The number of carbonyl (C=O) groups excluding carboxylic acids is 3. The molecule has 172 valence electrons. The number of urea groups is 1. The molecule has 6 heteroatoms. The van der Waals surface area contributed by atoms with Crippen LogP contribution in [0.5, 0.6) is 0 Å². The minimum Gasteiger partial charge on any atom is -0.364 e. The van der Waals surface area contributed by atoms with E-state index in [1.807, 2.05) is 6.92 Å². The molecular formula is C27H31N3O3. The minimum absolute atomic E-state index is 0.0305. The van der Waals surface area contributed by atoms with Gasteiger partial charge in [0.25, 0.3) is 11.8 Å². The van der Waals surface area contributed by atoms with Gasteiger partial charge in [0.15, 0.2) is 0 Å². The number of rotatable bonds is 3. The van der Waals surface area contributed by atoms with Crippen LogP contribution in [-0.4, -0.2) is 29.4 Å². The first-order valence-corrected chi connectivity index (χ1v) is 11.4. The van der Waals surface area contributed by atoms with E-state index in [4.69, 9.17) is 0 Å². The second-order valence-electron chi connectivity index (χ2n) is 9.94. The zero-order valence-corrected chi connectivity index (χ0v) is 20.1. The van der Waals surface area contributed by atoms with Crippen molar-refractivity contribution >= 4 is 35.3 Å². The van der Waals surface area contributed by atoms with E-state index in [0.717, 1.165) is 22.4 Å². The number of benzene rings is 2. The average molecular weight is 446 g/mol. The van der Waals surface area contributed by atoms with Crippen molar-refractivity contribution in [2.24, 2.45) is 0 Å². The van der Waals surface area contributed by atoms with Crippen molar-refractivity contribution in [2.75, 3.05) is 9.80 Å². The van der Waals surface area contributed by atoms with Crippen LogP contribution in [0, 0.1) is 6.92 Å². The number of nitrogens with one attached hydrogen (secondary N) is 1. The third-order valence-electron chi connectivity index (χ3n) is 6.60. The monoisotopic (exact) mass is 445 g/mol. The Hall–Kier alpha value is -3.41. The Bertz CT molecular complexity index is 1160. The molecule has 4 rings (SSSR count). The van der Waals surface area contributed by atoms with Crippen LogP contribution < -0.4 is 15.1 Å². The van der Waals surface area contributed by atoms with Crippen molar-refractivity contribution in [2.45, 2.75) is 65.5 Å². The molecule has 2 heterocycles. The van der Waals surface area contributed by atoms with Crippen LogP contribution in [0.25, 0.3) is 6.08 Å². The molecule has 1 atom stereocenters. The lowest BCUT2D eigenvalue weighted by Crippen LogP contribution is -2.54. The van der Waals surface area contributed by atoms with Crippen molar-refractivity contribution in [1.82, 2.24) is 5.32 Å². The summed E-state index contributed by atoms with van der Waals surface area (Å²) in [6, 6.07) is 12.5. The largest absolute Gasteiger partial charge is 0.364 e. The molecule has 0 aliphatic carbocycles. The maximum absolute atomic E-state index is 13.2. The predicted octanol–water partition coefficient (Wildman–Crippen LogP) is 5.16. The zero-order chi connectivity index (χ0) is 24.1. The van der Waals surface area contributed by atoms with Crippen LogP contribution in [0.4, 0.5) is 16.2 Å². The topological polar surface area (TPSA) is 69.7 Å². The standard InChI is InChI=1S/C27H31N3O3/c1-16(2)30-23-12-17(3)19(13-21(23)18(4)15-27(30,5)6)14-22-24(31)28-26(33)29(25(22)32)20-10-8-7-9-11-20/h7-14,16,18H,15H2,1-6H3,(H,28,31,33)/b22-14+. The number of imide groups is 2. The molecule has 0 aromatic heterocycles.